The zero-order chi connectivity index (χ0) is 24.5. The molecule has 0 unspecified atom stereocenters. The van der Waals surface area contributed by atoms with E-state index in [1.165, 1.54) is 166 Å². The van der Waals surface area contributed by atoms with Crippen molar-refractivity contribution in [3.05, 3.63) is 29.8 Å². The lowest BCUT2D eigenvalue weighted by atomic mass is 10.0. The van der Waals surface area contributed by atoms with E-state index in [0.717, 1.165) is 0 Å². The zero-order valence-corrected chi connectivity index (χ0v) is 23.7. The molecule has 34 heavy (non-hydrogen) atoms. The van der Waals surface area contributed by atoms with Gasteiger partial charge in [-0.05, 0) is 31.9 Å². The summed E-state index contributed by atoms with van der Waals surface area (Å²) in [5.74, 6) is 0. The molecular formula is C33H61N. The Morgan fingerprint density at radius 3 is 1.03 bits per heavy atom. The largest absolute Gasteiger partial charge is 0.372 e. The van der Waals surface area contributed by atoms with Crippen molar-refractivity contribution in [2.75, 3.05) is 18.0 Å². The summed E-state index contributed by atoms with van der Waals surface area (Å²) in [6.07, 6.45) is 31.4. The lowest BCUT2D eigenvalue weighted by molar-refractivity contribution is 0.537. The summed E-state index contributed by atoms with van der Waals surface area (Å²) >= 11 is 0. The Hall–Kier alpha value is -0.980. The molecule has 198 valence electrons. The highest BCUT2D eigenvalue weighted by molar-refractivity contribution is 5.47. The fourth-order valence-electron chi connectivity index (χ4n) is 5.06. The van der Waals surface area contributed by atoms with Gasteiger partial charge in [-0.1, -0.05) is 160 Å². The van der Waals surface area contributed by atoms with Crippen molar-refractivity contribution in [3.63, 3.8) is 0 Å². The number of anilines is 1. The van der Waals surface area contributed by atoms with Crippen molar-refractivity contribution in [2.45, 2.75) is 162 Å². The van der Waals surface area contributed by atoms with Crippen LogP contribution in [0.3, 0.4) is 0 Å². The molecule has 0 N–H and O–H groups in total. The molecule has 0 bridgehead atoms. The molecule has 0 spiro atoms. The molecule has 0 heterocycles. The molecule has 0 radical (unpaired) electrons. The van der Waals surface area contributed by atoms with Crippen molar-refractivity contribution in [1.29, 1.82) is 0 Å². The molecular weight excluding hydrogens is 410 g/mol. The maximum absolute atomic E-state index is 2.67. The third kappa shape index (κ3) is 18.4. The quantitative estimate of drug-likeness (QED) is 0.128. The van der Waals surface area contributed by atoms with Crippen molar-refractivity contribution in [1.82, 2.24) is 0 Å². The van der Waals surface area contributed by atoms with E-state index in [2.05, 4.69) is 49.9 Å². The van der Waals surface area contributed by atoms with E-state index in [0.29, 0.717) is 0 Å². The number of hydrogen-bond donors (Lipinski definition) is 0. The van der Waals surface area contributed by atoms with Crippen LogP contribution < -0.4 is 4.90 Å². The van der Waals surface area contributed by atoms with Crippen LogP contribution in [0.15, 0.2) is 24.3 Å². The minimum atomic E-state index is 1.23. The van der Waals surface area contributed by atoms with Crippen LogP contribution in [-0.2, 0) is 0 Å². The Bertz CT molecular complexity index is 520. The standard InChI is InChI=1S/C33H61N/c1-4-6-8-10-12-14-16-17-19-21-23-25-31-34(33-28-26-32(3)27-29-33)30-24-22-20-18-15-13-11-9-7-5-2/h26-29H,4-25,30-31H2,1-3H3. The Morgan fingerprint density at radius 2 is 0.706 bits per heavy atom. The predicted octanol–water partition coefficient (Wildman–Crippen LogP) is 11.4. The summed E-state index contributed by atoms with van der Waals surface area (Å²) in [5.41, 5.74) is 2.80. The van der Waals surface area contributed by atoms with Gasteiger partial charge in [-0.15, -0.1) is 0 Å². The van der Waals surface area contributed by atoms with Crippen LogP contribution in [0.25, 0.3) is 0 Å². The van der Waals surface area contributed by atoms with E-state index >= 15 is 0 Å². The zero-order valence-electron chi connectivity index (χ0n) is 23.7. The first kappa shape index (κ1) is 31.1. The van der Waals surface area contributed by atoms with Gasteiger partial charge >= 0.3 is 0 Å². The SMILES string of the molecule is CCCCCCCCCCCCCCN(CCCCCCCCCCCC)c1ccc(C)cc1. The van der Waals surface area contributed by atoms with Crippen LogP contribution in [0.4, 0.5) is 5.69 Å². The molecule has 1 aromatic rings. The summed E-state index contributed by atoms with van der Waals surface area (Å²) in [5, 5.41) is 0. The summed E-state index contributed by atoms with van der Waals surface area (Å²) in [6.45, 7) is 9.27. The Morgan fingerprint density at radius 1 is 0.412 bits per heavy atom. The van der Waals surface area contributed by atoms with Crippen molar-refractivity contribution >= 4 is 5.69 Å². The summed E-state index contributed by atoms with van der Waals surface area (Å²) in [6, 6.07) is 9.24. The van der Waals surface area contributed by atoms with Crippen LogP contribution in [-0.4, -0.2) is 13.1 Å². The predicted molar refractivity (Wildman–Crippen MR) is 156 cm³/mol. The lowest BCUT2D eigenvalue weighted by Crippen LogP contribution is -2.25. The first-order valence-corrected chi connectivity index (χ1v) is 15.6. The van der Waals surface area contributed by atoms with E-state index in [-0.39, 0.29) is 0 Å². The number of unbranched alkanes of at least 4 members (excludes halogenated alkanes) is 20. The normalized spacial score (nSPS) is 11.3. The first-order valence-electron chi connectivity index (χ1n) is 15.6. The van der Waals surface area contributed by atoms with Gasteiger partial charge in [0.25, 0.3) is 0 Å². The molecule has 1 heteroatoms. The molecule has 0 aliphatic carbocycles. The molecule has 1 rings (SSSR count). The smallest absolute Gasteiger partial charge is 0.0366 e. The third-order valence-corrected chi connectivity index (χ3v) is 7.46. The molecule has 0 aromatic heterocycles. The number of rotatable bonds is 25. The molecule has 0 fully saturated rings. The topological polar surface area (TPSA) is 3.24 Å². The van der Waals surface area contributed by atoms with Gasteiger partial charge in [0.2, 0.25) is 0 Å². The summed E-state index contributed by atoms with van der Waals surface area (Å²) < 4.78 is 0. The maximum atomic E-state index is 2.67. The van der Waals surface area contributed by atoms with Crippen molar-refractivity contribution in [2.24, 2.45) is 0 Å². The van der Waals surface area contributed by atoms with Crippen molar-refractivity contribution in [3.8, 4) is 0 Å². The summed E-state index contributed by atoms with van der Waals surface area (Å²) in [4.78, 5) is 2.67. The minimum Gasteiger partial charge on any atom is -0.372 e. The highest BCUT2D eigenvalue weighted by Crippen LogP contribution is 2.19. The van der Waals surface area contributed by atoms with E-state index in [9.17, 15) is 0 Å². The van der Waals surface area contributed by atoms with E-state index < -0.39 is 0 Å². The van der Waals surface area contributed by atoms with Gasteiger partial charge in [0.1, 0.15) is 0 Å². The molecule has 0 amide bonds. The fourth-order valence-corrected chi connectivity index (χ4v) is 5.06. The second kappa shape index (κ2) is 23.7. The van der Waals surface area contributed by atoms with E-state index in [1.807, 2.05) is 0 Å². The Labute approximate surface area is 215 Å². The maximum Gasteiger partial charge on any atom is 0.0366 e. The Balaban J connectivity index is 2.13. The van der Waals surface area contributed by atoms with Crippen molar-refractivity contribution < 1.29 is 0 Å². The molecule has 0 saturated carbocycles. The molecule has 0 saturated heterocycles. The molecule has 1 nitrogen and oxygen atoms in total. The van der Waals surface area contributed by atoms with E-state index in [4.69, 9.17) is 0 Å². The Kier molecular flexibility index (Phi) is 21.7. The van der Waals surface area contributed by atoms with Gasteiger partial charge in [-0.25, -0.2) is 0 Å². The van der Waals surface area contributed by atoms with Crippen LogP contribution >= 0.6 is 0 Å². The first-order chi connectivity index (χ1) is 16.8. The number of benzene rings is 1. The average molecular weight is 472 g/mol. The third-order valence-electron chi connectivity index (χ3n) is 7.46. The van der Waals surface area contributed by atoms with Gasteiger partial charge in [0, 0.05) is 18.8 Å². The van der Waals surface area contributed by atoms with Gasteiger partial charge in [-0.2, -0.15) is 0 Å². The number of hydrogen-bond acceptors (Lipinski definition) is 1. The second-order valence-corrected chi connectivity index (χ2v) is 10.9. The van der Waals surface area contributed by atoms with Gasteiger partial charge in [0.15, 0.2) is 0 Å². The van der Waals surface area contributed by atoms with Crippen LogP contribution in [0, 0.1) is 6.92 Å². The van der Waals surface area contributed by atoms with E-state index in [1.54, 1.807) is 0 Å². The number of aryl methyl sites for hydroxylation is 1. The number of nitrogens with zero attached hydrogens (tertiary/aromatic N) is 1. The lowest BCUT2D eigenvalue weighted by Gasteiger charge is -2.25. The fraction of sp³-hybridized carbons (Fsp3) is 0.818. The second-order valence-electron chi connectivity index (χ2n) is 10.9. The highest BCUT2D eigenvalue weighted by Gasteiger charge is 2.06. The average Bonchev–Trinajstić information content (AvgIpc) is 2.85. The monoisotopic (exact) mass is 471 g/mol. The van der Waals surface area contributed by atoms with Gasteiger partial charge in [-0.3, -0.25) is 0 Å². The summed E-state index contributed by atoms with van der Waals surface area (Å²) in [7, 11) is 0. The van der Waals surface area contributed by atoms with Crippen LogP contribution in [0.5, 0.6) is 0 Å². The minimum absolute atomic E-state index is 1.23. The van der Waals surface area contributed by atoms with Gasteiger partial charge in [0.05, 0.1) is 0 Å². The van der Waals surface area contributed by atoms with Crippen LogP contribution in [0.1, 0.15) is 161 Å². The highest BCUT2D eigenvalue weighted by atomic mass is 15.1. The molecule has 1 aromatic carbocycles. The molecule has 0 aliphatic rings. The van der Waals surface area contributed by atoms with Crippen LogP contribution in [0.2, 0.25) is 0 Å². The van der Waals surface area contributed by atoms with Gasteiger partial charge < -0.3 is 4.90 Å². The molecule has 0 atom stereocenters. The molecule has 0 aliphatic heterocycles.